The number of halogens is 1. The number of nitrogens with one attached hydrogen (secondary N) is 2. The van der Waals surface area contributed by atoms with E-state index in [2.05, 4.69) is 15.5 Å². The summed E-state index contributed by atoms with van der Waals surface area (Å²) >= 11 is 1.02. The van der Waals surface area contributed by atoms with Crippen LogP contribution in [0.5, 0.6) is 0 Å². The van der Waals surface area contributed by atoms with Gasteiger partial charge in [-0.05, 0) is 24.3 Å². The average Bonchev–Trinajstić information content (AvgIpc) is 3.20. The van der Waals surface area contributed by atoms with Gasteiger partial charge < -0.3 is 10.1 Å². The van der Waals surface area contributed by atoms with E-state index in [4.69, 9.17) is 4.74 Å². The first-order valence-electron chi connectivity index (χ1n) is 9.05. The Morgan fingerprint density at radius 1 is 1.06 bits per heavy atom. The first-order valence-corrected chi connectivity index (χ1v) is 10.0. The fourth-order valence-electron chi connectivity index (χ4n) is 2.53. The Bertz CT molecular complexity index is 1090. The molecule has 2 aromatic carbocycles. The number of imide groups is 1. The largest absolute Gasteiger partial charge is 0.455 e. The van der Waals surface area contributed by atoms with Crippen molar-refractivity contribution in [1.29, 1.82) is 0 Å². The summed E-state index contributed by atoms with van der Waals surface area (Å²) in [4.78, 5) is 34.6. The lowest BCUT2D eigenvalue weighted by molar-refractivity contribution is -0.145. The summed E-state index contributed by atoms with van der Waals surface area (Å²) in [5, 5.41) is 12.7. The van der Waals surface area contributed by atoms with Gasteiger partial charge in [0.1, 0.15) is 5.82 Å². The number of hydrogen-bond donors (Lipinski definition) is 2. The highest BCUT2D eigenvalue weighted by Gasteiger charge is 2.20. The molecule has 1 heterocycles. The summed E-state index contributed by atoms with van der Waals surface area (Å²) in [5.74, 6) is -1.79. The Kier molecular flexibility index (Phi) is 7.33. The highest BCUT2D eigenvalue weighted by Crippen LogP contribution is 2.29. The van der Waals surface area contributed by atoms with Crippen LogP contribution in [0.1, 0.15) is 0 Å². The van der Waals surface area contributed by atoms with Gasteiger partial charge in [0.05, 0.1) is 11.3 Å². The minimum Gasteiger partial charge on any atom is -0.455 e. The van der Waals surface area contributed by atoms with Gasteiger partial charge in [0, 0.05) is 12.7 Å². The van der Waals surface area contributed by atoms with Crippen molar-refractivity contribution in [2.45, 2.75) is 5.16 Å². The lowest BCUT2D eigenvalue weighted by Crippen LogP contribution is -2.39. The molecule has 0 aliphatic heterocycles. The zero-order valence-corrected chi connectivity index (χ0v) is 17.2. The molecule has 0 spiro atoms. The van der Waals surface area contributed by atoms with Gasteiger partial charge in [-0.1, -0.05) is 42.1 Å². The molecule has 0 saturated carbocycles. The standard InChI is InChI=1S/C20H18FN5O4S/c1-22-19(29)23-16(27)11-30-17(28)12-31-20-25-24-18(14-9-5-6-10-15(14)21)26(20)13-7-3-2-4-8-13/h2-10H,11-12H2,1H3,(H2,22,23,27,29). The number of thioether (sulfide) groups is 1. The number of urea groups is 1. The number of hydrogen-bond acceptors (Lipinski definition) is 7. The van der Waals surface area contributed by atoms with Gasteiger partial charge in [-0.25, -0.2) is 9.18 Å². The molecule has 0 aliphatic carbocycles. The third-order valence-corrected chi connectivity index (χ3v) is 4.83. The van der Waals surface area contributed by atoms with E-state index in [0.717, 1.165) is 11.8 Å². The second kappa shape index (κ2) is 10.3. The second-order valence-corrected chi connectivity index (χ2v) is 6.98. The summed E-state index contributed by atoms with van der Waals surface area (Å²) in [7, 11) is 1.35. The molecule has 3 amide bonds. The molecule has 9 nitrogen and oxygen atoms in total. The lowest BCUT2D eigenvalue weighted by atomic mass is 10.2. The SMILES string of the molecule is CNC(=O)NC(=O)COC(=O)CSc1nnc(-c2ccccc2F)n1-c1ccccc1. The predicted octanol–water partition coefficient (Wildman–Crippen LogP) is 2.16. The van der Waals surface area contributed by atoms with E-state index in [1.54, 1.807) is 34.9 Å². The monoisotopic (exact) mass is 443 g/mol. The van der Waals surface area contributed by atoms with E-state index >= 15 is 0 Å². The molecule has 1 aromatic heterocycles. The minimum atomic E-state index is -0.757. The molecule has 0 saturated heterocycles. The highest BCUT2D eigenvalue weighted by atomic mass is 32.2. The molecule has 11 heteroatoms. The van der Waals surface area contributed by atoms with E-state index in [1.165, 1.54) is 13.1 Å². The number of rotatable bonds is 7. The molecule has 0 aliphatic rings. The summed E-state index contributed by atoms with van der Waals surface area (Å²) in [6.07, 6.45) is 0. The van der Waals surface area contributed by atoms with Crippen LogP contribution in [0.4, 0.5) is 9.18 Å². The van der Waals surface area contributed by atoms with Crippen LogP contribution in [-0.4, -0.2) is 52.1 Å². The summed E-state index contributed by atoms with van der Waals surface area (Å²) in [5.41, 5.74) is 0.950. The number of benzene rings is 2. The van der Waals surface area contributed by atoms with Crippen LogP contribution < -0.4 is 10.6 Å². The molecule has 0 unspecified atom stereocenters. The summed E-state index contributed by atoms with van der Waals surface area (Å²) < 4.78 is 20.8. The van der Waals surface area contributed by atoms with Gasteiger partial charge >= 0.3 is 12.0 Å². The number of carbonyl (C=O) groups excluding carboxylic acids is 3. The predicted molar refractivity (Wildman–Crippen MR) is 111 cm³/mol. The van der Waals surface area contributed by atoms with Crippen LogP contribution in [0.2, 0.25) is 0 Å². The van der Waals surface area contributed by atoms with Crippen molar-refractivity contribution in [3.63, 3.8) is 0 Å². The minimum absolute atomic E-state index is 0.171. The van der Waals surface area contributed by atoms with Crippen LogP contribution >= 0.6 is 11.8 Å². The van der Waals surface area contributed by atoms with Gasteiger partial charge in [-0.15, -0.1) is 10.2 Å². The topological polar surface area (TPSA) is 115 Å². The molecule has 3 rings (SSSR count). The Morgan fingerprint density at radius 3 is 2.48 bits per heavy atom. The zero-order valence-electron chi connectivity index (χ0n) is 16.4. The normalized spacial score (nSPS) is 10.4. The second-order valence-electron chi connectivity index (χ2n) is 6.03. The first kappa shape index (κ1) is 22.0. The molecule has 3 aromatic rings. The van der Waals surface area contributed by atoms with Crippen molar-refractivity contribution in [3.05, 3.63) is 60.4 Å². The fourth-order valence-corrected chi connectivity index (χ4v) is 3.28. The Balaban J connectivity index is 1.75. The Morgan fingerprint density at radius 2 is 1.77 bits per heavy atom. The number of carbonyl (C=O) groups is 3. The third kappa shape index (κ3) is 5.66. The smallest absolute Gasteiger partial charge is 0.321 e. The third-order valence-electron chi connectivity index (χ3n) is 3.93. The molecule has 0 bridgehead atoms. The van der Waals surface area contributed by atoms with Crippen molar-refractivity contribution >= 4 is 29.7 Å². The number of para-hydroxylation sites is 1. The van der Waals surface area contributed by atoms with Gasteiger partial charge in [0.25, 0.3) is 5.91 Å². The van der Waals surface area contributed by atoms with E-state index in [-0.39, 0.29) is 17.1 Å². The maximum atomic E-state index is 14.4. The Labute approximate surface area is 181 Å². The highest BCUT2D eigenvalue weighted by molar-refractivity contribution is 7.99. The average molecular weight is 443 g/mol. The van der Waals surface area contributed by atoms with Gasteiger partial charge in [-0.3, -0.25) is 19.5 Å². The molecule has 0 fully saturated rings. The molecular weight excluding hydrogens is 425 g/mol. The number of esters is 1. The maximum absolute atomic E-state index is 14.4. The van der Waals surface area contributed by atoms with E-state index in [9.17, 15) is 18.8 Å². The molecule has 31 heavy (non-hydrogen) atoms. The van der Waals surface area contributed by atoms with Crippen LogP contribution in [0.15, 0.2) is 59.8 Å². The van der Waals surface area contributed by atoms with E-state index in [0.29, 0.717) is 10.8 Å². The van der Waals surface area contributed by atoms with E-state index < -0.39 is 30.3 Å². The first-order chi connectivity index (χ1) is 15.0. The number of amides is 3. The maximum Gasteiger partial charge on any atom is 0.321 e. The van der Waals surface area contributed by atoms with Crippen molar-refractivity contribution in [2.24, 2.45) is 0 Å². The van der Waals surface area contributed by atoms with Gasteiger partial charge in [0.2, 0.25) is 0 Å². The van der Waals surface area contributed by atoms with Crippen LogP contribution in [0, 0.1) is 5.82 Å². The quantitative estimate of drug-likeness (QED) is 0.425. The van der Waals surface area contributed by atoms with Crippen LogP contribution in [0.25, 0.3) is 17.1 Å². The summed E-state index contributed by atoms with van der Waals surface area (Å²) in [6, 6.07) is 14.6. The number of nitrogens with zero attached hydrogens (tertiary/aromatic N) is 3. The molecule has 0 atom stereocenters. The van der Waals surface area contributed by atoms with Crippen LogP contribution in [0.3, 0.4) is 0 Å². The molecule has 160 valence electrons. The summed E-state index contributed by atoms with van der Waals surface area (Å²) in [6.45, 7) is -0.599. The van der Waals surface area contributed by atoms with Gasteiger partial charge in [-0.2, -0.15) is 0 Å². The zero-order chi connectivity index (χ0) is 22.2. The van der Waals surface area contributed by atoms with Crippen molar-refractivity contribution in [2.75, 3.05) is 19.4 Å². The van der Waals surface area contributed by atoms with Crippen LogP contribution in [-0.2, 0) is 14.3 Å². The van der Waals surface area contributed by atoms with E-state index in [1.807, 2.05) is 23.5 Å². The van der Waals surface area contributed by atoms with Crippen molar-refractivity contribution in [1.82, 2.24) is 25.4 Å². The van der Waals surface area contributed by atoms with Gasteiger partial charge in [0.15, 0.2) is 17.6 Å². The fraction of sp³-hybridized carbons (Fsp3) is 0.150. The van der Waals surface area contributed by atoms with Crippen molar-refractivity contribution < 1.29 is 23.5 Å². The Hall–Kier alpha value is -3.73. The number of ether oxygens (including phenoxy) is 1. The molecular formula is C20H18FN5O4S. The lowest BCUT2D eigenvalue weighted by Gasteiger charge is -2.10. The van der Waals surface area contributed by atoms with Crippen molar-refractivity contribution in [3.8, 4) is 17.1 Å². The molecule has 2 N–H and O–H groups in total. The number of aromatic nitrogens is 3. The molecule has 0 radical (unpaired) electrons.